The number of ether oxygens (including phenoxy) is 1. The molecule has 0 radical (unpaired) electrons. The Morgan fingerprint density at radius 1 is 1.24 bits per heavy atom. The van der Waals surface area contributed by atoms with Crippen molar-refractivity contribution in [3.05, 3.63) is 0 Å². The second-order valence-electron chi connectivity index (χ2n) is 4.89. The van der Waals surface area contributed by atoms with Crippen molar-refractivity contribution in [2.24, 2.45) is 5.41 Å². The van der Waals surface area contributed by atoms with Gasteiger partial charge in [-0.15, -0.1) is 0 Å². The molecule has 98 valence electrons. The lowest BCUT2D eigenvalue weighted by Gasteiger charge is -2.31. The van der Waals surface area contributed by atoms with E-state index in [1.54, 1.807) is 6.92 Å². The number of Topliss-reactive ketones (excluding diaryl/α,β-unsaturated/α-hetero) is 1. The molecule has 0 aromatic carbocycles. The molecule has 1 aliphatic rings. The lowest BCUT2D eigenvalue weighted by atomic mass is 9.72. The molecule has 1 atom stereocenters. The summed E-state index contributed by atoms with van der Waals surface area (Å²) in [5.41, 5.74) is -0.828. The van der Waals surface area contributed by atoms with Gasteiger partial charge in [0, 0.05) is 6.42 Å². The van der Waals surface area contributed by atoms with Crippen molar-refractivity contribution in [3.8, 4) is 0 Å². The summed E-state index contributed by atoms with van der Waals surface area (Å²) in [6.45, 7) is 4.18. The molecule has 0 N–H and O–H groups in total. The van der Waals surface area contributed by atoms with Crippen LogP contribution in [0.1, 0.15) is 65.2 Å². The van der Waals surface area contributed by atoms with E-state index < -0.39 is 5.41 Å². The van der Waals surface area contributed by atoms with E-state index in [1.165, 1.54) is 0 Å². The highest BCUT2D eigenvalue weighted by atomic mass is 16.5. The number of esters is 1. The number of ketones is 1. The number of carbonyl (C=O) groups excluding carboxylic acids is 2. The average Bonchev–Trinajstić information content (AvgIpc) is 2.29. The van der Waals surface area contributed by atoms with Crippen LogP contribution in [0.3, 0.4) is 0 Å². The first-order valence-electron chi connectivity index (χ1n) is 6.88. The van der Waals surface area contributed by atoms with Crippen LogP contribution in [0.15, 0.2) is 0 Å². The zero-order valence-electron chi connectivity index (χ0n) is 11.1. The van der Waals surface area contributed by atoms with Crippen molar-refractivity contribution in [3.63, 3.8) is 0 Å². The summed E-state index contributed by atoms with van der Waals surface area (Å²) in [5.74, 6) is -0.175. The third kappa shape index (κ3) is 3.30. The molecular weight excluding hydrogens is 216 g/mol. The number of carbonyl (C=O) groups is 2. The lowest BCUT2D eigenvalue weighted by molar-refractivity contribution is -0.162. The standard InChI is InChI=1S/C14H24O3/c1-3-10-14(13(16)17-4-2)11-8-6-5-7-9-12(14)15/h3-11H2,1-2H3. The molecule has 0 aromatic rings. The quantitative estimate of drug-likeness (QED) is 0.559. The minimum absolute atomic E-state index is 0.109. The maximum atomic E-state index is 12.3. The van der Waals surface area contributed by atoms with Crippen LogP contribution in [-0.2, 0) is 14.3 Å². The molecule has 17 heavy (non-hydrogen) atoms. The summed E-state index contributed by atoms with van der Waals surface area (Å²) < 4.78 is 5.14. The molecule has 3 heteroatoms. The number of hydrogen-bond donors (Lipinski definition) is 0. The molecule has 0 bridgehead atoms. The van der Waals surface area contributed by atoms with Crippen LogP contribution in [0.2, 0.25) is 0 Å². The molecule has 0 heterocycles. The van der Waals surface area contributed by atoms with Gasteiger partial charge in [0.25, 0.3) is 0 Å². The zero-order valence-corrected chi connectivity index (χ0v) is 11.1. The monoisotopic (exact) mass is 240 g/mol. The fourth-order valence-corrected chi connectivity index (χ4v) is 2.72. The van der Waals surface area contributed by atoms with Crippen LogP contribution in [0.25, 0.3) is 0 Å². The molecule has 0 aromatic heterocycles. The van der Waals surface area contributed by atoms with Crippen LogP contribution in [0.4, 0.5) is 0 Å². The van der Waals surface area contributed by atoms with Crippen molar-refractivity contribution in [1.29, 1.82) is 0 Å². The molecule has 0 aliphatic heterocycles. The van der Waals surface area contributed by atoms with Gasteiger partial charge in [-0.3, -0.25) is 9.59 Å². The summed E-state index contributed by atoms with van der Waals surface area (Å²) in [7, 11) is 0. The Balaban J connectivity index is 2.90. The Labute approximate surface area is 104 Å². The Morgan fingerprint density at radius 2 is 1.94 bits per heavy atom. The van der Waals surface area contributed by atoms with Crippen LogP contribution < -0.4 is 0 Å². The van der Waals surface area contributed by atoms with E-state index in [4.69, 9.17) is 4.74 Å². The predicted octanol–water partition coefficient (Wildman–Crippen LogP) is 3.26. The first kappa shape index (κ1) is 14.2. The van der Waals surface area contributed by atoms with Gasteiger partial charge >= 0.3 is 5.97 Å². The van der Waals surface area contributed by atoms with Gasteiger partial charge < -0.3 is 4.74 Å². The van der Waals surface area contributed by atoms with Gasteiger partial charge in [-0.05, 0) is 26.2 Å². The average molecular weight is 240 g/mol. The smallest absolute Gasteiger partial charge is 0.319 e. The molecule has 1 rings (SSSR count). The molecular formula is C14H24O3. The van der Waals surface area contributed by atoms with E-state index >= 15 is 0 Å². The van der Waals surface area contributed by atoms with Crippen LogP contribution in [0, 0.1) is 5.41 Å². The topological polar surface area (TPSA) is 43.4 Å². The Bertz CT molecular complexity index is 263. The number of hydrogen-bond acceptors (Lipinski definition) is 3. The van der Waals surface area contributed by atoms with E-state index in [-0.39, 0.29) is 11.8 Å². The summed E-state index contributed by atoms with van der Waals surface area (Å²) >= 11 is 0. The Hall–Kier alpha value is -0.860. The minimum atomic E-state index is -0.828. The highest BCUT2D eigenvalue weighted by Crippen LogP contribution is 2.37. The van der Waals surface area contributed by atoms with Gasteiger partial charge in [-0.1, -0.05) is 32.6 Å². The van der Waals surface area contributed by atoms with Gasteiger partial charge in [0.05, 0.1) is 6.61 Å². The van der Waals surface area contributed by atoms with Gasteiger partial charge in [0.1, 0.15) is 11.2 Å². The van der Waals surface area contributed by atoms with Crippen LogP contribution in [-0.4, -0.2) is 18.4 Å². The molecule has 1 fully saturated rings. The highest BCUT2D eigenvalue weighted by Gasteiger charge is 2.45. The largest absolute Gasteiger partial charge is 0.465 e. The maximum absolute atomic E-state index is 12.3. The lowest BCUT2D eigenvalue weighted by Crippen LogP contribution is -2.41. The summed E-state index contributed by atoms with van der Waals surface area (Å²) in [4.78, 5) is 24.4. The third-order valence-electron chi connectivity index (χ3n) is 3.63. The first-order chi connectivity index (χ1) is 8.17. The van der Waals surface area contributed by atoms with E-state index in [9.17, 15) is 9.59 Å². The second kappa shape index (κ2) is 6.77. The van der Waals surface area contributed by atoms with Crippen molar-refractivity contribution >= 4 is 11.8 Å². The predicted molar refractivity (Wildman–Crippen MR) is 66.7 cm³/mol. The molecule has 1 aliphatic carbocycles. The van der Waals surface area contributed by atoms with Gasteiger partial charge in [0.15, 0.2) is 0 Å². The van der Waals surface area contributed by atoms with Gasteiger partial charge in [0.2, 0.25) is 0 Å². The van der Waals surface area contributed by atoms with Crippen molar-refractivity contribution in [2.45, 2.75) is 65.2 Å². The van der Waals surface area contributed by atoms with E-state index in [1.807, 2.05) is 6.92 Å². The second-order valence-corrected chi connectivity index (χ2v) is 4.89. The van der Waals surface area contributed by atoms with Crippen molar-refractivity contribution in [2.75, 3.05) is 6.61 Å². The molecule has 0 spiro atoms. The molecule has 1 unspecified atom stereocenters. The normalized spacial score (nSPS) is 26.1. The van der Waals surface area contributed by atoms with E-state index in [0.29, 0.717) is 25.9 Å². The number of rotatable bonds is 4. The fourth-order valence-electron chi connectivity index (χ4n) is 2.72. The van der Waals surface area contributed by atoms with Crippen molar-refractivity contribution < 1.29 is 14.3 Å². The summed E-state index contributed by atoms with van der Waals surface area (Å²) in [5, 5.41) is 0. The zero-order chi connectivity index (χ0) is 12.7. The van der Waals surface area contributed by atoms with Crippen molar-refractivity contribution in [1.82, 2.24) is 0 Å². The molecule has 3 nitrogen and oxygen atoms in total. The van der Waals surface area contributed by atoms with E-state index in [2.05, 4.69) is 0 Å². The fraction of sp³-hybridized carbons (Fsp3) is 0.857. The van der Waals surface area contributed by atoms with Crippen LogP contribution in [0.5, 0.6) is 0 Å². The van der Waals surface area contributed by atoms with Crippen LogP contribution >= 0.6 is 0 Å². The summed E-state index contributed by atoms with van der Waals surface area (Å²) in [6, 6.07) is 0. The van der Waals surface area contributed by atoms with Gasteiger partial charge in [-0.2, -0.15) is 0 Å². The Kier molecular flexibility index (Phi) is 5.66. The van der Waals surface area contributed by atoms with Gasteiger partial charge in [-0.25, -0.2) is 0 Å². The summed E-state index contributed by atoms with van der Waals surface area (Å²) in [6.07, 6.45) is 6.83. The molecule has 1 saturated carbocycles. The first-order valence-corrected chi connectivity index (χ1v) is 6.88. The molecule has 0 amide bonds. The third-order valence-corrected chi connectivity index (χ3v) is 3.63. The molecule has 0 saturated heterocycles. The highest BCUT2D eigenvalue weighted by molar-refractivity contribution is 6.03. The SMILES string of the molecule is CCCC1(C(=O)OCC)CCCCCCC1=O. The Morgan fingerprint density at radius 3 is 2.59 bits per heavy atom. The maximum Gasteiger partial charge on any atom is 0.319 e. The van der Waals surface area contributed by atoms with E-state index in [0.717, 1.165) is 32.1 Å². The minimum Gasteiger partial charge on any atom is -0.465 e.